The van der Waals surface area contributed by atoms with Crippen molar-refractivity contribution in [3.63, 3.8) is 0 Å². The number of anilines is 1. The zero-order valence-electron chi connectivity index (χ0n) is 15.6. The molecular formula is C20H22N4O3S. The Balaban J connectivity index is 1.51. The molecule has 0 fully saturated rings. The highest BCUT2D eigenvalue weighted by atomic mass is 32.2. The average Bonchev–Trinajstić information content (AvgIpc) is 3.13. The Bertz CT molecular complexity index is 997. The van der Waals surface area contributed by atoms with Crippen LogP contribution in [0.3, 0.4) is 0 Å². The van der Waals surface area contributed by atoms with Crippen LogP contribution in [0.5, 0.6) is 0 Å². The SMILES string of the molecule is CN(Cc1ccc(C#N)cc1)C(=O)NCCS(=O)(=O)N1CCc2ccccc21. The van der Waals surface area contributed by atoms with Crippen LogP contribution >= 0.6 is 0 Å². The molecule has 1 N–H and O–H groups in total. The number of para-hydroxylation sites is 1. The number of carbonyl (C=O) groups is 1. The van der Waals surface area contributed by atoms with Crippen molar-refractivity contribution in [3.05, 3.63) is 65.2 Å². The topological polar surface area (TPSA) is 93.5 Å². The van der Waals surface area contributed by atoms with Crippen molar-refractivity contribution in [1.29, 1.82) is 5.26 Å². The lowest BCUT2D eigenvalue weighted by molar-refractivity contribution is 0.207. The molecule has 0 aliphatic carbocycles. The maximum atomic E-state index is 12.6. The highest BCUT2D eigenvalue weighted by Crippen LogP contribution is 2.29. The zero-order valence-corrected chi connectivity index (χ0v) is 16.4. The highest BCUT2D eigenvalue weighted by molar-refractivity contribution is 7.92. The van der Waals surface area contributed by atoms with E-state index in [0.29, 0.717) is 25.1 Å². The lowest BCUT2D eigenvalue weighted by Crippen LogP contribution is -2.41. The summed E-state index contributed by atoms with van der Waals surface area (Å²) >= 11 is 0. The second-order valence-electron chi connectivity index (χ2n) is 6.66. The Morgan fingerprint density at radius 3 is 2.64 bits per heavy atom. The largest absolute Gasteiger partial charge is 0.337 e. The number of hydrogen-bond donors (Lipinski definition) is 1. The number of fused-ring (bicyclic) bond motifs is 1. The third kappa shape index (κ3) is 4.43. The summed E-state index contributed by atoms with van der Waals surface area (Å²) in [6, 6.07) is 16.1. The van der Waals surface area contributed by atoms with Crippen LogP contribution in [0, 0.1) is 11.3 Å². The second-order valence-corrected chi connectivity index (χ2v) is 8.68. The van der Waals surface area contributed by atoms with Gasteiger partial charge in [0.2, 0.25) is 10.0 Å². The van der Waals surface area contributed by atoms with E-state index in [-0.39, 0.29) is 18.3 Å². The van der Waals surface area contributed by atoms with Crippen LogP contribution in [0.1, 0.15) is 16.7 Å². The number of nitrogens with zero attached hydrogens (tertiary/aromatic N) is 3. The number of amides is 2. The monoisotopic (exact) mass is 398 g/mol. The van der Waals surface area contributed by atoms with E-state index in [0.717, 1.165) is 16.8 Å². The molecule has 0 aromatic heterocycles. The summed E-state index contributed by atoms with van der Waals surface area (Å²) in [5.41, 5.74) is 3.20. The molecule has 28 heavy (non-hydrogen) atoms. The van der Waals surface area contributed by atoms with E-state index in [9.17, 15) is 13.2 Å². The maximum Gasteiger partial charge on any atom is 0.317 e. The molecular weight excluding hydrogens is 376 g/mol. The van der Waals surface area contributed by atoms with Gasteiger partial charge in [0.05, 0.1) is 23.1 Å². The van der Waals surface area contributed by atoms with E-state index in [2.05, 4.69) is 5.32 Å². The van der Waals surface area contributed by atoms with Gasteiger partial charge in [0.1, 0.15) is 0 Å². The third-order valence-electron chi connectivity index (χ3n) is 4.67. The van der Waals surface area contributed by atoms with Gasteiger partial charge in [0, 0.05) is 26.7 Å². The summed E-state index contributed by atoms with van der Waals surface area (Å²) in [6.45, 7) is 0.843. The van der Waals surface area contributed by atoms with E-state index >= 15 is 0 Å². The van der Waals surface area contributed by atoms with E-state index in [1.807, 2.05) is 30.3 Å². The molecule has 0 unspecified atom stereocenters. The highest BCUT2D eigenvalue weighted by Gasteiger charge is 2.28. The van der Waals surface area contributed by atoms with Crippen molar-refractivity contribution in [1.82, 2.24) is 10.2 Å². The molecule has 2 aromatic carbocycles. The molecule has 146 valence electrons. The van der Waals surface area contributed by atoms with E-state index in [1.165, 1.54) is 9.21 Å². The van der Waals surface area contributed by atoms with Gasteiger partial charge in [0.25, 0.3) is 0 Å². The van der Waals surface area contributed by atoms with Crippen LogP contribution in [-0.4, -0.2) is 45.2 Å². The van der Waals surface area contributed by atoms with Gasteiger partial charge in [-0.05, 0) is 35.7 Å². The van der Waals surface area contributed by atoms with Gasteiger partial charge >= 0.3 is 6.03 Å². The predicted octanol–water partition coefficient (Wildman–Crippen LogP) is 2.09. The predicted molar refractivity (Wildman–Crippen MR) is 107 cm³/mol. The molecule has 0 saturated carbocycles. The lowest BCUT2D eigenvalue weighted by atomic mass is 10.1. The Kier molecular flexibility index (Phi) is 5.85. The van der Waals surface area contributed by atoms with Gasteiger partial charge < -0.3 is 10.2 Å². The number of urea groups is 1. The average molecular weight is 398 g/mol. The molecule has 0 spiro atoms. The van der Waals surface area contributed by atoms with Crippen LogP contribution in [0.25, 0.3) is 0 Å². The first-order chi connectivity index (χ1) is 13.4. The Hall–Kier alpha value is -3.05. The minimum Gasteiger partial charge on any atom is -0.337 e. The lowest BCUT2D eigenvalue weighted by Gasteiger charge is -2.21. The first kappa shape index (κ1) is 19.7. The Labute approximate surface area is 165 Å². The zero-order chi connectivity index (χ0) is 20.1. The first-order valence-electron chi connectivity index (χ1n) is 8.97. The summed E-state index contributed by atoms with van der Waals surface area (Å²) in [6.07, 6.45) is 0.703. The van der Waals surface area contributed by atoms with Gasteiger partial charge in [-0.3, -0.25) is 4.31 Å². The van der Waals surface area contributed by atoms with Gasteiger partial charge in [-0.25, -0.2) is 13.2 Å². The number of carbonyl (C=O) groups excluding carboxylic acids is 1. The van der Waals surface area contributed by atoms with Crippen molar-refractivity contribution in [2.75, 3.05) is 30.2 Å². The molecule has 1 aliphatic rings. The Morgan fingerprint density at radius 2 is 1.93 bits per heavy atom. The van der Waals surface area contributed by atoms with Crippen LogP contribution in [0.15, 0.2) is 48.5 Å². The van der Waals surface area contributed by atoms with E-state index < -0.39 is 10.0 Å². The van der Waals surface area contributed by atoms with Gasteiger partial charge in [0.15, 0.2) is 0 Å². The van der Waals surface area contributed by atoms with Crippen LogP contribution < -0.4 is 9.62 Å². The van der Waals surface area contributed by atoms with E-state index in [1.54, 1.807) is 31.3 Å². The summed E-state index contributed by atoms with van der Waals surface area (Å²) < 4.78 is 26.7. The van der Waals surface area contributed by atoms with Crippen LogP contribution in [-0.2, 0) is 23.0 Å². The van der Waals surface area contributed by atoms with Crippen molar-refractivity contribution in [2.45, 2.75) is 13.0 Å². The normalized spacial score (nSPS) is 12.9. The molecule has 3 rings (SSSR count). The molecule has 8 heteroatoms. The van der Waals surface area contributed by atoms with Crippen molar-refractivity contribution >= 4 is 21.7 Å². The number of nitrogens with one attached hydrogen (secondary N) is 1. The van der Waals surface area contributed by atoms with Crippen LogP contribution in [0.4, 0.5) is 10.5 Å². The fourth-order valence-electron chi connectivity index (χ4n) is 3.16. The quantitative estimate of drug-likeness (QED) is 0.806. The molecule has 1 heterocycles. The summed E-state index contributed by atoms with van der Waals surface area (Å²) in [5.74, 6) is -0.155. The molecule has 2 aromatic rings. The minimum atomic E-state index is -3.49. The fraction of sp³-hybridized carbons (Fsp3) is 0.300. The molecule has 7 nitrogen and oxygen atoms in total. The molecule has 0 saturated heterocycles. The summed E-state index contributed by atoms with van der Waals surface area (Å²) in [7, 11) is -1.85. The van der Waals surface area contributed by atoms with Crippen molar-refractivity contribution < 1.29 is 13.2 Å². The van der Waals surface area contributed by atoms with Crippen molar-refractivity contribution in [2.24, 2.45) is 0 Å². The maximum absolute atomic E-state index is 12.6. The molecule has 1 aliphatic heterocycles. The number of nitriles is 1. The van der Waals surface area contributed by atoms with E-state index in [4.69, 9.17) is 5.26 Å². The minimum absolute atomic E-state index is 0.0392. The first-order valence-corrected chi connectivity index (χ1v) is 10.6. The standard InChI is InChI=1S/C20H22N4O3S/c1-23(15-17-8-6-16(14-21)7-9-17)20(25)22-11-13-28(26,27)24-12-10-18-4-2-3-5-19(18)24/h2-9H,10-13,15H2,1H3,(H,22,25). The summed E-state index contributed by atoms with van der Waals surface area (Å²) in [5, 5.41) is 11.5. The molecule has 0 bridgehead atoms. The fourth-order valence-corrected chi connectivity index (χ4v) is 4.59. The molecule has 0 atom stereocenters. The smallest absolute Gasteiger partial charge is 0.317 e. The number of rotatable bonds is 6. The van der Waals surface area contributed by atoms with Crippen molar-refractivity contribution in [3.8, 4) is 6.07 Å². The number of benzene rings is 2. The number of sulfonamides is 1. The second kappa shape index (κ2) is 8.31. The molecule has 0 radical (unpaired) electrons. The van der Waals surface area contributed by atoms with Gasteiger partial charge in [-0.15, -0.1) is 0 Å². The molecule has 2 amide bonds. The summed E-state index contributed by atoms with van der Waals surface area (Å²) in [4.78, 5) is 13.7. The van der Waals surface area contributed by atoms with Gasteiger partial charge in [-0.2, -0.15) is 5.26 Å². The van der Waals surface area contributed by atoms with Gasteiger partial charge in [-0.1, -0.05) is 30.3 Å². The van der Waals surface area contributed by atoms with Crippen LogP contribution in [0.2, 0.25) is 0 Å². The Morgan fingerprint density at radius 1 is 1.21 bits per heavy atom. The number of hydrogen-bond acceptors (Lipinski definition) is 4. The third-order valence-corrected chi connectivity index (χ3v) is 6.44.